The van der Waals surface area contributed by atoms with Gasteiger partial charge in [-0.3, -0.25) is 14.9 Å². The number of carbonyl (C=O) groups excluding carboxylic acids is 2. The summed E-state index contributed by atoms with van der Waals surface area (Å²) in [5, 5.41) is 18.5. The first-order chi connectivity index (χ1) is 11.0. The fourth-order valence-corrected chi connectivity index (χ4v) is 1.85. The van der Waals surface area contributed by atoms with Crippen molar-refractivity contribution in [3.8, 4) is 0 Å². The molecule has 3 amide bonds. The Kier molecular flexibility index (Phi) is 4.88. The third kappa shape index (κ3) is 4.03. The number of benzene rings is 2. The highest BCUT2D eigenvalue weighted by molar-refractivity contribution is 6.07. The van der Waals surface area contributed by atoms with E-state index in [1.54, 1.807) is 30.3 Å². The summed E-state index contributed by atoms with van der Waals surface area (Å²) in [7, 11) is 1.50. The second-order valence-corrected chi connectivity index (χ2v) is 4.51. The van der Waals surface area contributed by atoms with Crippen molar-refractivity contribution >= 4 is 29.0 Å². The van der Waals surface area contributed by atoms with Crippen molar-refractivity contribution in [2.75, 3.05) is 17.7 Å². The van der Waals surface area contributed by atoms with Crippen molar-refractivity contribution in [1.82, 2.24) is 5.32 Å². The predicted octanol–water partition coefficient (Wildman–Crippen LogP) is 2.60. The van der Waals surface area contributed by atoms with E-state index >= 15 is 0 Å². The Bertz CT molecular complexity index is 743. The number of rotatable bonds is 4. The highest BCUT2D eigenvalue weighted by atomic mass is 16.6. The summed E-state index contributed by atoms with van der Waals surface area (Å²) in [5.41, 5.74) is 0.719. The molecule has 0 saturated heterocycles. The molecule has 23 heavy (non-hydrogen) atoms. The molecule has 8 heteroatoms. The number of hydrogen-bond donors (Lipinski definition) is 3. The Morgan fingerprint density at radius 2 is 1.52 bits per heavy atom. The highest BCUT2D eigenvalue weighted by Gasteiger charge is 2.19. The maximum atomic E-state index is 12.2. The van der Waals surface area contributed by atoms with Crippen molar-refractivity contribution in [3.63, 3.8) is 0 Å². The molecular formula is C15H14N4O4. The molecule has 0 heterocycles. The van der Waals surface area contributed by atoms with E-state index in [0.29, 0.717) is 11.4 Å². The Morgan fingerprint density at radius 3 is 2.09 bits per heavy atom. The van der Waals surface area contributed by atoms with Gasteiger partial charge in [0.15, 0.2) is 0 Å². The summed E-state index contributed by atoms with van der Waals surface area (Å²) in [5.74, 6) is -0.579. The minimum absolute atomic E-state index is 0.0231. The first-order valence-electron chi connectivity index (χ1n) is 6.65. The number of nitrogens with zero attached hydrogens (tertiary/aromatic N) is 1. The van der Waals surface area contributed by atoms with Crippen molar-refractivity contribution in [2.45, 2.75) is 0 Å². The number of amides is 3. The van der Waals surface area contributed by atoms with E-state index < -0.39 is 10.8 Å². The zero-order chi connectivity index (χ0) is 16.8. The van der Waals surface area contributed by atoms with Crippen LogP contribution in [0.4, 0.5) is 21.9 Å². The lowest BCUT2D eigenvalue weighted by Crippen LogP contribution is -2.24. The number of nitro groups is 1. The number of urea groups is 1. The van der Waals surface area contributed by atoms with Gasteiger partial charge in [0.2, 0.25) is 0 Å². The zero-order valence-corrected chi connectivity index (χ0v) is 12.2. The van der Waals surface area contributed by atoms with Gasteiger partial charge in [-0.05, 0) is 30.3 Å². The van der Waals surface area contributed by atoms with Crippen LogP contribution in [0.3, 0.4) is 0 Å². The Balaban J connectivity index is 2.12. The molecule has 0 saturated carbocycles. The minimum atomic E-state index is -0.606. The van der Waals surface area contributed by atoms with Crippen molar-refractivity contribution in [1.29, 1.82) is 0 Å². The molecule has 2 aromatic carbocycles. The largest absolute Gasteiger partial charge is 0.341 e. The lowest BCUT2D eigenvalue weighted by atomic mass is 10.1. The van der Waals surface area contributed by atoms with Crippen molar-refractivity contribution in [2.24, 2.45) is 0 Å². The molecular weight excluding hydrogens is 300 g/mol. The molecule has 0 aromatic heterocycles. The molecule has 0 radical (unpaired) electrons. The van der Waals surface area contributed by atoms with Gasteiger partial charge >= 0.3 is 6.03 Å². The first-order valence-corrected chi connectivity index (χ1v) is 6.65. The third-order valence-electron chi connectivity index (χ3n) is 2.97. The standard InChI is InChI=1S/C15H14N4O4/c1-16-15(21)18-11-8-6-10(7-9-11)17-14(20)12-4-2-3-5-13(12)19(22)23/h2-9H,1H3,(H,17,20)(H2,16,18,21). The molecule has 0 aliphatic heterocycles. The Labute approximate surface area is 131 Å². The van der Waals surface area contributed by atoms with E-state index in [1.165, 1.54) is 25.2 Å². The molecule has 0 aliphatic carbocycles. The molecule has 0 aliphatic rings. The monoisotopic (exact) mass is 314 g/mol. The van der Waals surface area contributed by atoms with Crippen LogP contribution < -0.4 is 16.0 Å². The summed E-state index contributed by atoms with van der Waals surface area (Å²) in [6.07, 6.45) is 0. The van der Waals surface area contributed by atoms with Gasteiger partial charge in [-0.1, -0.05) is 12.1 Å². The van der Waals surface area contributed by atoms with Crippen LogP contribution in [0, 0.1) is 10.1 Å². The van der Waals surface area contributed by atoms with E-state index in [1.807, 2.05) is 0 Å². The summed E-state index contributed by atoms with van der Waals surface area (Å²) in [4.78, 5) is 33.7. The van der Waals surface area contributed by atoms with Gasteiger partial charge in [0, 0.05) is 24.5 Å². The second kappa shape index (κ2) is 7.03. The van der Waals surface area contributed by atoms with Gasteiger partial charge in [0.1, 0.15) is 5.56 Å². The van der Waals surface area contributed by atoms with Crippen molar-refractivity contribution < 1.29 is 14.5 Å². The molecule has 2 rings (SSSR count). The fraction of sp³-hybridized carbons (Fsp3) is 0.0667. The lowest BCUT2D eigenvalue weighted by Gasteiger charge is -2.08. The van der Waals surface area contributed by atoms with Crippen LogP contribution in [0.15, 0.2) is 48.5 Å². The smallest absolute Gasteiger partial charge is 0.318 e. The summed E-state index contributed by atoms with van der Waals surface area (Å²) < 4.78 is 0. The molecule has 0 atom stereocenters. The summed E-state index contributed by atoms with van der Waals surface area (Å²) in [6, 6.07) is 11.7. The predicted molar refractivity (Wildman–Crippen MR) is 85.6 cm³/mol. The molecule has 0 fully saturated rings. The molecule has 0 spiro atoms. The maximum absolute atomic E-state index is 12.2. The molecule has 118 valence electrons. The van der Waals surface area contributed by atoms with Crippen LogP contribution in [-0.2, 0) is 0 Å². The van der Waals surface area contributed by atoms with E-state index in [0.717, 1.165) is 0 Å². The Morgan fingerprint density at radius 1 is 0.957 bits per heavy atom. The van der Waals surface area contributed by atoms with Crippen LogP contribution in [0.1, 0.15) is 10.4 Å². The minimum Gasteiger partial charge on any atom is -0.341 e. The highest BCUT2D eigenvalue weighted by Crippen LogP contribution is 2.20. The van der Waals surface area contributed by atoms with Gasteiger partial charge in [0.25, 0.3) is 11.6 Å². The second-order valence-electron chi connectivity index (χ2n) is 4.51. The van der Waals surface area contributed by atoms with Crippen molar-refractivity contribution in [3.05, 3.63) is 64.2 Å². The van der Waals surface area contributed by atoms with Crippen LogP contribution in [0.2, 0.25) is 0 Å². The molecule has 2 aromatic rings. The van der Waals surface area contributed by atoms with E-state index in [-0.39, 0.29) is 17.3 Å². The fourth-order valence-electron chi connectivity index (χ4n) is 1.85. The molecule has 8 nitrogen and oxygen atoms in total. The molecule has 0 unspecified atom stereocenters. The number of para-hydroxylation sites is 1. The summed E-state index contributed by atoms with van der Waals surface area (Å²) >= 11 is 0. The van der Waals surface area contributed by atoms with Gasteiger partial charge < -0.3 is 16.0 Å². The summed E-state index contributed by atoms with van der Waals surface area (Å²) in [6.45, 7) is 0. The topological polar surface area (TPSA) is 113 Å². The normalized spacial score (nSPS) is 9.78. The van der Waals surface area contributed by atoms with E-state index in [4.69, 9.17) is 0 Å². The number of nitro benzene ring substituents is 1. The van der Waals surface area contributed by atoms with E-state index in [2.05, 4.69) is 16.0 Å². The van der Waals surface area contributed by atoms with Crippen LogP contribution >= 0.6 is 0 Å². The zero-order valence-electron chi connectivity index (χ0n) is 12.2. The number of anilines is 2. The SMILES string of the molecule is CNC(=O)Nc1ccc(NC(=O)c2ccccc2[N+](=O)[O-])cc1. The first kappa shape index (κ1) is 16.0. The number of hydrogen-bond acceptors (Lipinski definition) is 4. The average Bonchev–Trinajstić information content (AvgIpc) is 2.56. The maximum Gasteiger partial charge on any atom is 0.318 e. The average molecular weight is 314 g/mol. The van der Waals surface area contributed by atoms with Crippen LogP contribution in [0.25, 0.3) is 0 Å². The quantitative estimate of drug-likeness (QED) is 0.594. The van der Waals surface area contributed by atoms with E-state index in [9.17, 15) is 19.7 Å². The number of carbonyl (C=O) groups is 2. The molecule has 3 N–H and O–H groups in total. The van der Waals surface area contributed by atoms with Crippen LogP contribution in [0.5, 0.6) is 0 Å². The number of nitrogens with one attached hydrogen (secondary N) is 3. The van der Waals surface area contributed by atoms with Gasteiger partial charge in [-0.15, -0.1) is 0 Å². The Hall–Kier alpha value is -3.42. The lowest BCUT2D eigenvalue weighted by molar-refractivity contribution is -0.385. The van der Waals surface area contributed by atoms with Gasteiger partial charge in [-0.25, -0.2) is 4.79 Å². The van der Waals surface area contributed by atoms with Gasteiger partial charge in [-0.2, -0.15) is 0 Å². The molecule has 0 bridgehead atoms. The van der Waals surface area contributed by atoms with Gasteiger partial charge in [0.05, 0.1) is 4.92 Å². The third-order valence-corrected chi connectivity index (χ3v) is 2.97. The van der Waals surface area contributed by atoms with Crippen LogP contribution in [-0.4, -0.2) is 23.9 Å².